The first-order valence-electron chi connectivity index (χ1n) is 9.08. The van der Waals surface area contributed by atoms with Gasteiger partial charge < -0.3 is 9.64 Å². The van der Waals surface area contributed by atoms with E-state index >= 15 is 0 Å². The van der Waals surface area contributed by atoms with Gasteiger partial charge in [0.15, 0.2) is 0 Å². The molecule has 3 atom stereocenters. The van der Waals surface area contributed by atoms with Crippen LogP contribution >= 0.6 is 0 Å². The van der Waals surface area contributed by atoms with Crippen LogP contribution in [0.4, 0.5) is 0 Å². The van der Waals surface area contributed by atoms with Gasteiger partial charge in [0, 0.05) is 31.7 Å². The van der Waals surface area contributed by atoms with E-state index in [0.717, 1.165) is 39.4 Å². The molecular formula is C17H31N3O2. The van der Waals surface area contributed by atoms with E-state index in [0.29, 0.717) is 18.0 Å². The number of hydrogen-bond donors (Lipinski definition) is 0. The van der Waals surface area contributed by atoms with Crippen LogP contribution in [0.2, 0.25) is 0 Å². The Kier molecular flexibility index (Phi) is 5.37. The zero-order valence-electron chi connectivity index (χ0n) is 14.2. The summed E-state index contributed by atoms with van der Waals surface area (Å²) in [6, 6.07) is 1.03. The molecule has 0 N–H and O–H groups in total. The van der Waals surface area contributed by atoms with E-state index in [1.54, 1.807) is 0 Å². The third-order valence-corrected chi connectivity index (χ3v) is 5.80. The van der Waals surface area contributed by atoms with Crippen LogP contribution in [0.25, 0.3) is 0 Å². The van der Waals surface area contributed by atoms with Crippen molar-refractivity contribution in [1.82, 2.24) is 14.7 Å². The minimum atomic E-state index is 0.000907. The largest absolute Gasteiger partial charge is 0.379 e. The van der Waals surface area contributed by atoms with Crippen LogP contribution in [0.5, 0.6) is 0 Å². The second kappa shape index (κ2) is 7.28. The summed E-state index contributed by atoms with van der Waals surface area (Å²) >= 11 is 0. The number of ether oxygens (including phenoxy) is 1. The lowest BCUT2D eigenvalue weighted by molar-refractivity contribution is -0.139. The molecule has 126 valence electrons. The van der Waals surface area contributed by atoms with Crippen LogP contribution in [-0.2, 0) is 9.53 Å². The number of morpholine rings is 1. The van der Waals surface area contributed by atoms with Gasteiger partial charge in [-0.1, -0.05) is 6.92 Å². The molecule has 0 bridgehead atoms. The maximum Gasteiger partial charge on any atom is 0.239 e. The molecule has 3 saturated heterocycles. The summed E-state index contributed by atoms with van der Waals surface area (Å²) in [5.74, 6) is 0.340. The zero-order valence-corrected chi connectivity index (χ0v) is 14.2. The average molecular weight is 309 g/mol. The zero-order chi connectivity index (χ0) is 15.5. The maximum atomic E-state index is 13.0. The van der Waals surface area contributed by atoms with Gasteiger partial charge in [0.05, 0.1) is 19.3 Å². The number of likely N-dealkylation sites (tertiary alicyclic amines) is 2. The van der Waals surface area contributed by atoms with Crippen molar-refractivity contribution < 1.29 is 9.53 Å². The van der Waals surface area contributed by atoms with Crippen LogP contribution in [0.3, 0.4) is 0 Å². The molecule has 22 heavy (non-hydrogen) atoms. The van der Waals surface area contributed by atoms with E-state index in [2.05, 4.69) is 28.5 Å². The highest BCUT2D eigenvalue weighted by atomic mass is 16.5. The second-order valence-electron chi connectivity index (χ2n) is 6.90. The van der Waals surface area contributed by atoms with Crippen molar-refractivity contribution in [3.8, 4) is 0 Å². The highest BCUT2D eigenvalue weighted by Gasteiger charge is 2.41. The second-order valence-corrected chi connectivity index (χ2v) is 6.90. The van der Waals surface area contributed by atoms with Gasteiger partial charge in [-0.15, -0.1) is 0 Å². The molecule has 0 aromatic rings. The number of carbonyl (C=O) groups is 1. The number of nitrogens with zero attached hydrogens (tertiary/aromatic N) is 3. The number of amides is 1. The molecule has 3 heterocycles. The first kappa shape index (κ1) is 16.2. The SMILES string of the molecule is CCN1CCC[C@@H]1[C@@H]1CCCN1C(=O)[C@@H](C)N1CCOCC1. The average Bonchev–Trinajstić information content (AvgIpc) is 3.22. The van der Waals surface area contributed by atoms with Crippen molar-refractivity contribution in [2.45, 2.75) is 57.7 Å². The quantitative estimate of drug-likeness (QED) is 0.781. The van der Waals surface area contributed by atoms with Crippen molar-refractivity contribution in [3.05, 3.63) is 0 Å². The molecule has 0 saturated carbocycles. The van der Waals surface area contributed by atoms with Crippen molar-refractivity contribution in [2.24, 2.45) is 0 Å². The van der Waals surface area contributed by atoms with E-state index < -0.39 is 0 Å². The fraction of sp³-hybridized carbons (Fsp3) is 0.941. The fourth-order valence-corrected chi connectivity index (χ4v) is 4.51. The van der Waals surface area contributed by atoms with Crippen LogP contribution in [0.1, 0.15) is 39.5 Å². The summed E-state index contributed by atoms with van der Waals surface area (Å²) in [6.45, 7) is 10.9. The number of rotatable bonds is 4. The fourth-order valence-electron chi connectivity index (χ4n) is 4.51. The van der Waals surface area contributed by atoms with E-state index in [9.17, 15) is 4.79 Å². The lowest BCUT2D eigenvalue weighted by Crippen LogP contribution is -2.55. The van der Waals surface area contributed by atoms with Crippen molar-refractivity contribution in [1.29, 1.82) is 0 Å². The topological polar surface area (TPSA) is 36.0 Å². The normalized spacial score (nSPS) is 32.5. The summed E-state index contributed by atoms with van der Waals surface area (Å²) in [7, 11) is 0. The van der Waals surface area contributed by atoms with Crippen molar-refractivity contribution >= 4 is 5.91 Å². The maximum absolute atomic E-state index is 13.0. The third kappa shape index (κ3) is 3.17. The van der Waals surface area contributed by atoms with Gasteiger partial charge in [0.25, 0.3) is 0 Å². The lowest BCUT2D eigenvalue weighted by atomic mass is 10.0. The molecule has 3 aliphatic rings. The van der Waals surface area contributed by atoms with Crippen molar-refractivity contribution in [3.63, 3.8) is 0 Å². The Morgan fingerprint density at radius 3 is 2.50 bits per heavy atom. The Morgan fingerprint density at radius 1 is 1.09 bits per heavy atom. The van der Waals surface area contributed by atoms with E-state index in [4.69, 9.17) is 4.74 Å². The highest BCUT2D eigenvalue weighted by molar-refractivity contribution is 5.82. The molecule has 0 aliphatic carbocycles. The molecule has 1 amide bonds. The molecule has 3 rings (SSSR count). The molecule has 0 radical (unpaired) electrons. The summed E-state index contributed by atoms with van der Waals surface area (Å²) < 4.78 is 5.41. The summed E-state index contributed by atoms with van der Waals surface area (Å²) in [6.07, 6.45) is 4.90. The van der Waals surface area contributed by atoms with Crippen LogP contribution in [-0.4, -0.2) is 84.7 Å². The third-order valence-electron chi connectivity index (χ3n) is 5.80. The predicted octanol–water partition coefficient (Wildman–Crippen LogP) is 1.18. The Labute approximate surface area is 134 Å². The monoisotopic (exact) mass is 309 g/mol. The van der Waals surface area contributed by atoms with Crippen LogP contribution in [0, 0.1) is 0 Å². The number of carbonyl (C=O) groups excluding carboxylic acids is 1. The Bertz CT molecular complexity index is 384. The van der Waals surface area contributed by atoms with Gasteiger partial charge >= 0.3 is 0 Å². The van der Waals surface area contributed by atoms with Gasteiger partial charge in [-0.05, 0) is 45.7 Å². The Hall–Kier alpha value is -0.650. The summed E-state index contributed by atoms with van der Waals surface area (Å²) in [4.78, 5) is 20.1. The van der Waals surface area contributed by atoms with Gasteiger partial charge in [0.1, 0.15) is 0 Å². The van der Waals surface area contributed by atoms with Gasteiger partial charge in [-0.2, -0.15) is 0 Å². The minimum absolute atomic E-state index is 0.000907. The molecule has 5 heteroatoms. The van der Waals surface area contributed by atoms with E-state index in [1.165, 1.54) is 32.2 Å². The van der Waals surface area contributed by atoms with Gasteiger partial charge in [-0.3, -0.25) is 14.6 Å². The lowest BCUT2D eigenvalue weighted by Gasteiger charge is -2.38. The first-order chi connectivity index (χ1) is 10.7. The minimum Gasteiger partial charge on any atom is -0.379 e. The first-order valence-corrected chi connectivity index (χ1v) is 9.08. The predicted molar refractivity (Wildman–Crippen MR) is 86.9 cm³/mol. The molecule has 0 aromatic carbocycles. The smallest absolute Gasteiger partial charge is 0.239 e. The van der Waals surface area contributed by atoms with Crippen LogP contribution < -0.4 is 0 Å². The molecule has 0 aromatic heterocycles. The molecule has 3 fully saturated rings. The van der Waals surface area contributed by atoms with E-state index in [1.807, 2.05) is 0 Å². The molecular weight excluding hydrogens is 278 g/mol. The Morgan fingerprint density at radius 2 is 1.77 bits per heavy atom. The van der Waals surface area contributed by atoms with Gasteiger partial charge in [-0.25, -0.2) is 0 Å². The van der Waals surface area contributed by atoms with Crippen LogP contribution in [0.15, 0.2) is 0 Å². The summed E-state index contributed by atoms with van der Waals surface area (Å²) in [5.41, 5.74) is 0. The molecule has 5 nitrogen and oxygen atoms in total. The standard InChI is InChI=1S/C17H31N3O2/c1-3-18-8-4-6-15(18)16-7-5-9-20(16)17(21)14(2)19-10-12-22-13-11-19/h14-16H,3-13H2,1-2H3/t14-,15-,16+/m1/s1. The van der Waals surface area contributed by atoms with Gasteiger partial charge in [0.2, 0.25) is 5.91 Å². The molecule has 0 spiro atoms. The molecule has 0 unspecified atom stereocenters. The van der Waals surface area contributed by atoms with Crippen molar-refractivity contribution in [2.75, 3.05) is 45.9 Å². The number of likely N-dealkylation sites (N-methyl/N-ethyl adjacent to an activating group) is 1. The Balaban J connectivity index is 1.65. The van der Waals surface area contributed by atoms with E-state index in [-0.39, 0.29) is 6.04 Å². The highest BCUT2D eigenvalue weighted by Crippen LogP contribution is 2.30. The summed E-state index contributed by atoms with van der Waals surface area (Å²) in [5, 5.41) is 0. The number of hydrogen-bond acceptors (Lipinski definition) is 4. The molecule has 3 aliphatic heterocycles.